The van der Waals surface area contributed by atoms with Crippen LogP contribution in [0.3, 0.4) is 0 Å². The van der Waals surface area contributed by atoms with E-state index in [9.17, 15) is 18.0 Å². The molecule has 4 N–H and O–H groups in total. The molecule has 0 bridgehead atoms. The first-order chi connectivity index (χ1) is 11.2. The van der Waals surface area contributed by atoms with Crippen molar-refractivity contribution in [2.24, 2.45) is 16.5 Å². The summed E-state index contributed by atoms with van der Waals surface area (Å²) in [5, 5.41) is 0. The summed E-state index contributed by atoms with van der Waals surface area (Å²) in [7, 11) is 0. The van der Waals surface area contributed by atoms with E-state index in [1.54, 1.807) is 12.1 Å². The number of ether oxygens (including phenoxy) is 1. The van der Waals surface area contributed by atoms with Crippen LogP contribution in [0.4, 0.5) is 13.2 Å². The summed E-state index contributed by atoms with van der Waals surface area (Å²) in [4.78, 5) is 18.9. The number of hydrogen-bond donors (Lipinski definition) is 2. The lowest BCUT2D eigenvalue weighted by molar-refractivity contribution is -0.127. The third kappa shape index (κ3) is 4.97. The number of hydrogen-bond acceptors (Lipinski definition) is 3. The molecule has 126 valence electrons. The molecule has 9 heteroatoms. The standard InChI is InChI=1S/C15H13F3N4O2/c16-15(17,18)7-10-6-9(13(23)22-14(19)20)3-4-12(10)24-11-2-1-5-21-8-11/h1-6,8H,7H2,(H4,19,20,22,23). The van der Waals surface area contributed by atoms with Crippen molar-refractivity contribution >= 4 is 11.9 Å². The van der Waals surface area contributed by atoms with Gasteiger partial charge in [0.2, 0.25) is 0 Å². The van der Waals surface area contributed by atoms with Crippen molar-refractivity contribution in [2.45, 2.75) is 12.6 Å². The van der Waals surface area contributed by atoms with E-state index < -0.39 is 24.5 Å². The molecule has 0 aliphatic rings. The average molecular weight is 338 g/mol. The van der Waals surface area contributed by atoms with Gasteiger partial charge in [-0.15, -0.1) is 0 Å². The minimum absolute atomic E-state index is 0.0402. The van der Waals surface area contributed by atoms with E-state index in [0.717, 1.165) is 6.07 Å². The number of alkyl halides is 3. The van der Waals surface area contributed by atoms with E-state index in [4.69, 9.17) is 16.2 Å². The molecule has 0 saturated carbocycles. The van der Waals surface area contributed by atoms with Crippen LogP contribution in [0.15, 0.2) is 47.7 Å². The van der Waals surface area contributed by atoms with Gasteiger partial charge in [-0.2, -0.15) is 18.2 Å². The van der Waals surface area contributed by atoms with Crippen LogP contribution in [0, 0.1) is 0 Å². The average Bonchev–Trinajstić information content (AvgIpc) is 2.48. The lowest BCUT2D eigenvalue weighted by Crippen LogP contribution is -2.24. The monoisotopic (exact) mass is 338 g/mol. The van der Waals surface area contributed by atoms with Gasteiger partial charge in [-0.1, -0.05) is 0 Å². The molecule has 0 aliphatic carbocycles. The molecule has 2 rings (SSSR count). The summed E-state index contributed by atoms with van der Waals surface area (Å²) in [5.41, 5.74) is 9.89. The van der Waals surface area contributed by atoms with Gasteiger partial charge in [0.25, 0.3) is 5.91 Å². The van der Waals surface area contributed by atoms with Crippen molar-refractivity contribution in [3.8, 4) is 11.5 Å². The first-order valence-corrected chi connectivity index (χ1v) is 6.66. The zero-order chi connectivity index (χ0) is 17.7. The Morgan fingerprint density at radius 3 is 2.58 bits per heavy atom. The zero-order valence-corrected chi connectivity index (χ0v) is 12.2. The fourth-order valence-corrected chi connectivity index (χ4v) is 1.88. The van der Waals surface area contributed by atoms with Crippen LogP contribution in [-0.2, 0) is 6.42 Å². The van der Waals surface area contributed by atoms with Crippen LogP contribution in [0.2, 0.25) is 0 Å². The van der Waals surface area contributed by atoms with Gasteiger partial charge in [-0.25, -0.2) is 0 Å². The number of pyridine rings is 1. The number of carbonyl (C=O) groups is 1. The molecule has 0 radical (unpaired) electrons. The number of halogens is 3. The van der Waals surface area contributed by atoms with Crippen molar-refractivity contribution in [1.29, 1.82) is 0 Å². The smallest absolute Gasteiger partial charge is 0.393 e. The van der Waals surface area contributed by atoms with Crippen LogP contribution < -0.4 is 16.2 Å². The van der Waals surface area contributed by atoms with Gasteiger partial charge >= 0.3 is 6.18 Å². The molecule has 2 aromatic rings. The van der Waals surface area contributed by atoms with E-state index in [-0.39, 0.29) is 22.6 Å². The third-order valence-electron chi connectivity index (χ3n) is 2.79. The number of amides is 1. The number of nitrogens with two attached hydrogens (primary N) is 2. The lowest BCUT2D eigenvalue weighted by atomic mass is 10.1. The summed E-state index contributed by atoms with van der Waals surface area (Å²) < 4.78 is 43.8. The number of carbonyl (C=O) groups excluding carboxylic acids is 1. The number of guanidine groups is 1. The van der Waals surface area contributed by atoms with E-state index in [2.05, 4.69) is 9.98 Å². The Hall–Kier alpha value is -3.10. The zero-order valence-electron chi connectivity index (χ0n) is 12.2. The van der Waals surface area contributed by atoms with Crippen molar-refractivity contribution < 1.29 is 22.7 Å². The maximum absolute atomic E-state index is 12.8. The minimum Gasteiger partial charge on any atom is -0.455 e. The largest absolute Gasteiger partial charge is 0.455 e. The molecule has 0 aliphatic heterocycles. The number of aliphatic imine (C=N–C) groups is 1. The SMILES string of the molecule is NC(N)=NC(=O)c1ccc(Oc2cccnc2)c(CC(F)(F)F)c1. The second kappa shape index (κ2) is 6.99. The molecule has 1 aromatic carbocycles. The Kier molecular flexibility index (Phi) is 5.02. The van der Waals surface area contributed by atoms with Crippen LogP contribution in [0.25, 0.3) is 0 Å². The number of nitrogens with zero attached hydrogens (tertiary/aromatic N) is 2. The fourth-order valence-electron chi connectivity index (χ4n) is 1.88. The van der Waals surface area contributed by atoms with Gasteiger partial charge in [0, 0.05) is 17.3 Å². The first-order valence-electron chi connectivity index (χ1n) is 6.66. The van der Waals surface area contributed by atoms with E-state index in [0.29, 0.717) is 0 Å². The van der Waals surface area contributed by atoms with Gasteiger partial charge in [0.1, 0.15) is 11.5 Å². The molecule has 0 spiro atoms. The number of aromatic nitrogens is 1. The molecule has 0 saturated heterocycles. The molecule has 1 amide bonds. The van der Waals surface area contributed by atoms with Crippen LogP contribution in [-0.4, -0.2) is 23.0 Å². The van der Waals surface area contributed by atoms with E-state index in [1.807, 2.05) is 0 Å². The van der Waals surface area contributed by atoms with Gasteiger partial charge in [-0.3, -0.25) is 9.78 Å². The molecule has 0 unspecified atom stereocenters. The molecular formula is C15H13F3N4O2. The first kappa shape index (κ1) is 17.3. The molecule has 1 aromatic heterocycles. The summed E-state index contributed by atoms with van der Waals surface area (Å²) in [6.45, 7) is 0. The highest BCUT2D eigenvalue weighted by atomic mass is 19.4. The molecular weight excluding hydrogens is 325 g/mol. The second-order valence-electron chi connectivity index (χ2n) is 4.75. The summed E-state index contributed by atoms with van der Waals surface area (Å²) in [6.07, 6.45) is -2.90. The van der Waals surface area contributed by atoms with Crippen molar-refractivity contribution in [3.63, 3.8) is 0 Å². The Bertz CT molecular complexity index is 757. The van der Waals surface area contributed by atoms with Crippen LogP contribution in [0.1, 0.15) is 15.9 Å². The van der Waals surface area contributed by atoms with Gasteiger partial charge in [-0.05, 0) is 30.3 Å². The minimum atomic E-state index is -4.48. The highest BCUT2D eigenvalue weighted by Gasteiger charge is 2.30. The molecule has 1 heterocycles. The number of benzene rings is 1. The quantitative estimate of drug-likeness (QED) is 0.658. The van der Waals surface area contributed by atoms with Crippen LogP contribution in [0.5, 0.6) is 11.5 Å². The van der Waals surface area contributed by atoms with E-state index >= 15 is 0 Å². The molecule has 0 fully saturated rings. The number of rotatable bonds is 4. The fraction of sp³-hybridized carbons (Fsp3) is 0.133. The summed E-state index contributed by atoms with van der Waals surface area (Å²) >= 11 is 0. The molecule has 0 atom stereocenters. The molecule has 6 nitrogen and oxygen atoms in total. The van der Waals surface area contributed by atoms with Crippen molar-refractivity contribution in [2.75, 3.05) is 0 Å². The Morgan fingerprint density at radius 2 is 2.00 bits per heavy atom. The topological polar surface area (TPSA) is 104 Å². The Labute approximate surface area is 135 Å². The highest BCUT2D eigenvalue weighted by molar-refractivity contribution is 6.02. The van der Waals surface area contributed by atoms with Crippen molar-refractivity contribution in [1.82, 2.24) is 4.98 Å². The predicted molar refractivity (Wildman–Crippen MR) is 80.7 cm³/mol. The summed E-state index contributed by atoms with van der Waals surface area (Å²) in [5.74, 6) is -1.09. The molecule has 24 heavy (non-hydrogen) atoms. The van der Waals surface area contributed by atoms with Gasteiger partial charge in [0.05, 0.1) is 12.6 Å². The predicted octanol–water partition coefficient (Wildman–Crippen LogP) is 2.39. The maximum Gasteiger partial charge on any atom is 0.393 e. The third-order valence-corrected chi connectivity index (χ3v) is 2.79. The lowest BCUT2D eigenvalue weighted by Gasteiger charge is -2.13. The van der Waals surface area contributed by atoms with Crippen LogP contribution >= 0.6 is 0 Å². The van der Waals surface area contributed by atoms with Crippen molar-refractivity contribution in [3.05, 3.63) is 53.9 Å². The second-order valence-corrected chi connectivity index (χ2v) is 4.75. The van der Waals surface area contributed by atoms with Gasteiger partial charge < -0.3 is 16.2 Å². The Morgan fingerprint density at radius 1 is 1.25 bits per heavy atom. The maximum atomic E-state index is 12.8. The summed E-state index contributed by atoms with van der Waals surface area (Å²) in [6, 6.07) is 6.70. The normalized spacial score (nSPS) is 11.0. The van der Waals surface area contributed by atoms with E-state index in [1.165, 1.54) is 24.5 Å². The van der Waals surface area contributed by atoms with Gasteiger partial charge in [0.15, 0.2) is 5.96 Å². The highest BCUT2D eigenvalue weighted by Crippen LogP contribution is 2.31. The Balaban J connectivity index is 2.39.